The lowest BCUT2D eigenvalue weighted by molar-refractivity contribution is -0.138. The number of hydrazine groups is 1. The van der Waals surface area contributed by atoms with Crippen molar-refractivity contribution in [3.05, 3.63) is 47.0 Å². The van der Waals surface area contributed by atoms with E-state index in [4.69, 9.17) is 11.6 Å². The fraction of sp³-hybridized carbons (Fsp3) is 0.478. The van der Waals surface area contributed by atoms with Crippen LogP contribution < -0.4 is 10.6 Å². The lowest BCUT2D eigenvalue weighted by atomic mass is 9.97. The van der Waals surface area contributed by atoms with Crippen molar-refractivity contribution in [2.75, 3.05) is 31.5 Å². The van der Waals surface area contributed by atoms with Crippen LogP contribution in [-0.4, -0.2) is 74.7 Å². The summed E-state index contributed by atoms with van der Waals surface area (Å²) < 4.78 is 1.62. The first-order valence-corrected chi connectivity index (χ1v) is 11.9. The molecular weight excluding hydrogens is 458 g/mol. The van der Waals surface area contributed by atoms with Gasteiger partial charge in [0.15, 0.2) is 0 Å². The van der Waals surface area contributed by atoms with Gasteiger partial charge in [-0.1, -0.05) is 31.9 Å². The molecule has 2 aliphatic heterocycles. The first kappa shape index (κ1) is 24.0. The maximum atomic E-state index is 13.4. The Bertz CT molecular complexity index is 1060. The monoisotopic (exact) mass is 487 g/mol. The molecule has 1 unspecified atom stereocenters. The number of rotatable bonds is 6. The number of carbonyl (C=O) groups is 3. The highest BCUT2D eigenvalue weighted by Gasteiger charge is 2.37. The minimum absolute atomic E-state index is 0.0389. The highest BCUT2D eigenvalue weighted by atomic mass is 35.5. The van der Waals surface area contributed by atoms with E-state index in [-0.39, 0.29) is 17.9 Å². The van der Waals surface area contributed by atoms with E-state index in [1.807, 2.05) is 25.8 Å². The van der Waals surface area contributed by atoms with Crippen molar-refractivity contribution in [2.45, 2.75) is 39.8 Å². The van der Waals surface area contributed by atoms with Crippen molar-refractivity contribution in [3.8, 4) is 0 Å². The molecule has 2 aliphatic rings. The molecule has 2 atom stereocenters. The predicted molar refractivity (Wildman–Crippen MR) is 128 cm³/mol. The maximum Gasteiger partial charge on any atom is 0.344 e. The Morgan fingerprint density at radius 2 is 1.82 bits per heavy atom. The molecule has 0 radical (unpaired) electrons. The van der Waals surface area contributed by atoms with Crippen molar-refractivity contribution in [2.24, 2.45) is 5.92 Å². The molecule has 4 amide bonds. The minimum atomic E-state index is -0.647. The number of benzene rings is 1. The van der Waals surface area contributed by atoms with Crippen molar-refractivity contribution >= 4 is 35.3 Å². The van der Waals surface area contributed by atoms with E-state index >= 15 is 0 Å². The third kappa shape index (κ3) is 4.88. The second-order valence-corrected chi connectivity index (χ2v) is 9.16. The van der Waals surface area contributed by atoms with Gasteiger partial charge in [-0.2, -0.15) is 0 Å². The summed E-state index contributed by atoms with van der Waals surface area (Å²) in [5.41, 5.74) is 1.46. The van der Waals surface area contributed by atoms with Crippen molar-refractivity contribution in [1.82, 2.24) is 29.8 Å². The maximum absolute atomic E-state index is 13.4. The van der Waals surface area contributed by atoms with Crippen LogP contribution in [0.5, 0.6) is 0 Å². The van der Waals surface area contributed by atoms with Gasteiger partial charge in [0.2, 0.25) is 5.91 Å². The van der Waals surface area contributed by atoms with Crippen molar-refractivity contribution in [1.29, 1.82) is 0 Å². The lowest BCUT2D eigenvalue weighted by Gasteiger charge is -2.40. The van der Waals surface area contributed by atoms with Gasteiger partial charge in [-0.3, -0.25) is 9.80 Å². The summed E-state index contributed by atoms with van der Waals surface area (Å²) in [4.78, 5) is 44.7. The fourth-order valence-electron chi connectivity index (χ4n) is 4.30. The number of amides is 4. The summed E-state index contributed by atoms with van der Waals surface area (Å²) in [6.07, 6.45) is 2.47. The van der Waals surface area contributed by atoms with Crippen molar-refractivity contribution in [3.63, 3.8) is 0 Å². The van der Waals surface area contributed by atoms with Gasteiger partial charge in [-0.15, -0.1) is 0 Å². The summed E-state index contributed by atoms with van der Waals surface area (Å²) in [6.45, 7) is 8.27. The number of anilines is 1. The third-order valence-corrected chi connectivity index (χ3v) is 6.76. The van der Waals surface area contributed by atoms with Crippen LogP contribution >= 0.6 is 11.6 Å². The largest absolute Gasteiger partial charge is 0.344 e. The fourth-order valence-corrected chi connectivity index (χ4v) is 4.43. The zero-order chi connectivity index (χ0) is 24.4. The second-order valence-electron chi connectivity index (χ2n) is 8.72. The lowest BCUT2D eigenvalue weighted by Crippen LogP contribution is -2.59. The molecular formula is C23H30ClN7O3. The van der Waals surface area contributed by atoms with Gasteiger partial charge < -0.3 is 15.5 Å². The van der Waals surface area contributed by atoms with E-state index in [2.05, 4.69) is 15.6 Å². The smallest absolute Gasteiger partial charge is 0.338 e. The number of hydrogen-bond acceptors (Lipinski definition) is 5. The normalized spacial score (nSPS) is 17.9. The molecule has 0 aliphatic carbocycles. The summed E-state index contributed by atoms with van der Waals surface area (Å²) in [7, 11) is 0. The second kappa shape index (κ2) is 10.0. The topological polar surface area (TPSA) is 103 Å². The molecule has 1 fully saturated rings. The predicted octanol–water partition coefficient (Wildman–Crippen LogP) is 2.92. The van der Waals surface area contributed by atoms with Gasteiger partial charge in [-0.25, -0.2) is 24.1 Å². The number of carbonyl (C=O) groups excluding carboxylic acids is 3. The van der Waals surface area contributed by atoms with E-state index in [0.29, 0.717) is 49.3 Å². The molecule has 0 bridgehead atoms. The quantitative estimate of drug-likeness (QED) is 0.652. The standard InChI is InChI=1S/C23H30ClN7O3/c1-4-15(2)20(27-22(33)26-18-7-5-17(24)6-8-18)21(32)28-9-11-29(12-10-28)30-14-19-13-25-16(3)31(19)23(30)34/h5-8,13,15,20H,4,9-12,14H2,1-3H3,(H2,26,27,33)/t15?,20-/m1/s1. The van der Waals surface area contributed by atoms with Gasteiger partial charge in [-0.05, 0) is 37.1 Å². The number of imidazole rings is 1. The first-order chi connectivity index (χ1) is 16.3. The van der Waals surface area contributed by atoms with E-state index in [1.54, 1.807) is 44.9 Å². The average Bonchev–Trinajstić information content (AvgIpc) is 3.37. The molecule has 0 saturated carbocycles. The number of fused-ring (bicyclic) bond motifs is 1. The van der Waals surface area contributed by atoms with Crippen LogP contribution in [0, 0.1) is 12.8 Å². The van der Waals surface area contributed by atoms with Crippen LogP contribution in [0.15, 0.2) is 30.5 Å². The number of aryl methyl sites for hydroxylation is 1. The van der Waals surface area contributed by atoms with E-state index in [9.17, 15) is 14.4 Å². The van der Waals surface area contributed by atoms with Crippen LogP contribution in [0.2, 0.25) is 5.02 Å². The molecule has 0 spiro atoms. The van der Waals surface area contributed by atoms with Crippen LogP contribution in [-0.2, 0) is 11.3 Å². The van der Waals surface area contributed by atoms with E-state index in [0.717, 1.165) is 12.1 Å². The van der Waals surface area contributed by atoms with Crippen LogP contribution in [0.25, 0.3) is 0 Å². The summed E-state index contributed by atoms with van der Waals surface area (Å²) in [6, 6.07) is 5.59. The van der Waals surface area contributed by atoms with Crippen LogP contribution in [0.4, 0.5) is 15.3 Å². The number of piperazine rings is 1. The number of nitrogens with one attached hydrogen (secondary N) is 2. The average molecular weight is 488 g/mol. The molecule has 4 rings (SSSR count). The minimum Gasteiger partial charge on any atom is -0.338 e. The third-order valence-electron chi connectivity index (χ3n) is 6.51. The zero-order valence-corrected chi connectivity index (χ0v) is 20.4. The van der Waals surface area contributed by atoms with Gasteiger partial charge in [0.1, 0.15) is 11.9 Å². The van der Waals surface area contributed by atoms with Crippen LogP contribution in [0.3, 0.4) is 0 Å². The Balaban J connectivity index is 1.35. The molecule has 10 nitrogen and oxygen atoms in total. The van der Waals surface area contributed by atoms with Gasteiger partial charge >= 0.3 is 12.1 Å². The Labute approximate surface area is 203 Å². The Morgan fingerprint density at radius 1 is 1.15 bits per heavy atom. The molecule has 34 heavy (non-hydrogen) atoms. The summed E-state index contributed by atoms with van der Waals surface area (Å²) >= 11 is 5.90. The Morgan fingerprint density at radius 3 is 2.44 bits per heavy atom. The van der Waals surface area contributed by atoms with Gasteiger partial charge in [0.05, 0.1) is 18.4 Å². The highest BCUT2D eigenvalue weighted by Crippen LogP contribution is 2.22. The number of hydrogen-bond donors (Lipinski definition) is 2. The SMILES string of the molecule is CCC(C)[C@@H](NC(=O)Nc1ccc(Cl)cc1)C(=O)N1CCN(N2Cc3cnc(C)n3C2=O)CC1. The number of urea groups is 1. The Hall–Kier alpha value is -3.11. The number of nitrogens with zero attached hydrogens (tertiary/aromatic N) is 5. The van der Waals surface area contributed by atoms with E-state index < -0.39 is 12.1 Å². The molecule has 2 N–H and O–H groups in total. The molecule has 182 valence electrons. The Kier molecular flexibility index (Phi) is 7.08. The molecule has 2 aromatic rings. The molecule has 1 aromatic heterocycles. The van der Waals surface area contributed by atoms with E-state index in [1.165, 1.54) is 0 Å². The summed E-state index contributed by atoms with van der Waals surface area (Å²) in [5.74, 6) is 0.526. The van der Waals surface area contributed by atoms with Gasteiger partial charge in [0, 0.05) is 36.9 Å². The highest BCUT2D eigenvalue weighted by molar-refractivity contribution is 6.30. The number of aromatic nitrogens is 2. The molecule has 1 aromatic carbocycles. The van der Waals surface area contributed by atoms with Gasteiger partial charge in [0.25, 0.3) is 0 Å². The molecule has 3 heterocycles. The zero-order valence-electron chi connectivity index (χ0n) is 19.6. The first-order valence-electron chi connectivity index (χ1n) is 11.5. The van der Waals surface area contributed by atoms with Crippen molar-refractivity contribution < 1.29 is 14.4 Å². The number of halogens is 1. The molecule has 1 saturated heterocycles. The summed E-state index contributed by atoms with van der Waals surface area (Å²) in [5, 5.41) is 9.89. The molecule has 11 heteroatoms. The van der Waals surface area contributed by atoms with Crippen LogP contribution in [0.1, 0.15) is 31.8 Å².